The summed E-state index contributed by atoms with van der Waals surface area (Å²) in [5, 5.41) is 3.06. The fourth-order valence-electron chi connectivity index (χ4n) is 0.973. The highest BCUT2D eigenvalue weighted by Gasteiger charge is 2.38. The summed E-state index contributed by atoms with van der Waals surface area (Å²) in [4.78, 5) is 3.15. The first-order valence-corrected chi connectivity index (χ1v) is 6.02. The molecule has 13 heavy (non-hydrogen) atoms. The van der Waals surface area contributed by atoms with E-state index in [0.29, 0.717) is 0 Å². The van der Waals surface area contributed by atoms with Crippen molar-refractivity contribution in [2.24, 2.45) is 0 Å². The summed E-state index contributed by atoms with van der Waals surface area (Å²) in [6, 6.07) is 0. The molecule has 5 nitrogen and oxygen atoms in total. The van der Waals surface area contributed by atoms with E-state index < -0.39 is 8.97 Å². The van der Waals surface area contributed by atoms with Gasteiger partial charge in [0.2, 0.25) is 0 Å². The van der Waals surface area contributed by atoms with Gasteiger partial charge in [0.15, 0.2) is 0 Å². The standard InChI is InChI=1S/C7H20N2O3Si/c1-8-6-5-7-9-13(10-2,11-3)12-4/h8-9H,5-7H2,1-4H3. The molecule has 0 fully saturated rings. The summed E-state index contributed by atoms with van der Waals surface area (Å²) in [5.41, 5.74) is 0. The van der Waals surface area contributed by atoms with Crippen LogP contribution in [0.2, 0.25) is 0 Å². The van der Waals surface area contributed by atoms with Gasteiger partial charge in [0.1, 0.15) is 0 Å². The van der Waals surface area contributed by atoms with Crippen LogP contribution in [-0.4, -0.2) is 50.4 Å². The second-order valence-corrected chi connectivity index (χ2v) is 5.24. The van der Waals surface area contributed by atoms with E-state index in [9.17, 15) is 0 Å². The highest BCUT2D eigenvalue weighted by atomic mass is 28.4. The van der Waals surface area contributed by atoms with Gasteiger partial charge in [0.05, 0.1) is 0 Å². The van der Waals surface area contributed by atoms with E-state index in [2.05, 4.69) is 10.3 Å². The molecule has 0 aromatic carbocycles. The number of hydrogen-bond donors (Lipinski definition) is 2. The quantitative estimate of drug-likeness (QED) is 0.418. The minimum absolute atomic E-state index is 0.822. The molecular weight excluding hydrogens is 188 g/mol. The molecule has 0 aromatic rings. The van der Waals surface area contributed by atoms with Crippen molar-refractivity contribution in [3.63, 3.8) is 0 Å². The van der Waals surface area contributed by atoms with E-state index in [1.54, 1.807) is 21.3 Å². The fraction of sp³-hybridized carbons (Fsp3) is 1.00. The van der Waals surface area contributed by atoms with Gasteiger partial charge in [-0.1, -0.05) is 0 Å². The van der Waals surface area contributed by atoms with Crippen molar-refractivity contribution in [3.8, 4) is 0 Å². The average molecular weight is 208 g/mol. The van der Waals surface area contributed by atoms with Crippen LogP contribution in [0.25, 0.3) is 0 Å². The van der Waals surface area contributed by atoms with Crippen LogP contribution >= 0.6 is 0 Å². The Morgan fingerprint density at radius 3 is 1.92 bits per heavy atom. The SMILES string of the molecule is CNCCCN[Si](OC)(OC)OC. The second-order valence-electron chi connectivity index (χ2n) is 2.55. The first-order chi connectivity index (χ1) is 6.24. The molecule has 0 radical (unpaired) electrons. The average Bonchev–Trinajstić information content (AvgIpc) is 2.20. The normalized spacial score (nSPS) is 12.0. The summed E-state index contributed by atoms with van der Waals surface area (Å²) in [5.74, 6) is 0. The Labute approximate surface area is 81.2 Å². The molecule has 0 saturated heterocycles. The fourth-order valence-corrected chi connectivity index (χ4v) is 2.39. The zero-order valence-electron chi connectivity index (χ0n) is 8.85. The van der Waals surface area contributed by atoms with E-state index in [4.69, 9.17) is 13.3 Å². The summed E-state index contributed by atoms with van der Waals surface area (Å²) >= 11 is 0. The second kappa shape index (κ2) is 7.42. The first kappa shape index (κ1) is 13.0. The first-order valence-electron chi connectivity index (χ1n) is 4.29. The van der Waals surface area contributed by atoms with Gasteiger partial charge in [-0.3, -0.25) is 4.98 Å². The summed E-state index contributed by atoms with van der Waals surface area (Å²) in [7, 11) is 4.14. The molecule has 0 atom stereocenters. The monoisotopic (exact) mass is 208 g/mol. The highest BCUT2D eigenvalue weighted by molar-refractivity contribution is 6.57. The molecule has 0 aromatic heterocycles. The van der Waals surface area contributed by atoms with Crippen LogP contribution in [0.3, 0.4) is 0 Å². The van der Waals surface area contributed by atoms with Crippen LogP contribution in [0.5, 0.6) is 0 Å². The predicted octanol–water partition coefficient (Wildman–Crippen LogP) is -0.440. The van der Waals surface area contributed by atoms with Crippen LogP contribution < -0.4 is 10.3 Å². The minimum Gasteiger partial charge on any atom is -0.364 e. The van der Waals surface area contributed by atoms with Crippen molar-refractivity contribution in [3.05, 3.63) is 0 Å². The third-order valence-corrected chi connectivity index (χ3v) is 4.05. The van der Waals surface area contributed by atoms with Crippen molar-refractivity contribution in [1.29, 1.82) is 0 Å². The maximum atomic E-state index is 5.18. The number of nitrogens with one attached hydrogen (secondary N) is 2. The highest BCUT2D eigenvalue weighted by Crippen LogP contribution is 2.00. The molecule has 0 unspecified atom stereocenters. The molecule has 80 valence electrons. The lowest BCUT2D eigenvalue weighted by Gasteiger charge is -2.24. The largest absolute Gasteiger partial charge is 0.595 e. The molecule has 0 amide bonds. The van der Waals surface area contributed by atoms with Gasteiger partial charge in [0.25, 0.3) is 0 Å². The molecule has 0 spiro atoms. The minimum atomic E-state index is -2.55. The Hall–Kier alpha value is 0.0169. The van der Waals surface area contributed by atoms with Gasteiger partial charge in [0, 0.05) is 21.3 Å². The van der Waals surface area contributed by atoms with Crippen molar-refractivity contribution >= 4 is 8.97 Å². The summed E-state index contributed by atoms with van der Waals surface area (Å²) in [6.07, 6.45) is 1.02. The van der Waals surface area contributed by atoms with Gasteiger partial charge in [-0.15, -0.1) is 0 Å². The van der Waals surface area contributed by atoms with Crippen LogP contribution in [0.1, 0.15) is 6.42 Å². The Kier molecular flexibility index (Phi) is 7.43. The van der Waals surface area contributed by atoms with E-state index >= 15 is 0 Å². The van der Waals surface area contributed by atoms with Crippen LogP contribution in [0.4, 0.5) is 0 Å². The van der Waals surface area contributed by atoms with E-state index in [1.165, 1.54) is 0 Å². The van der Waals surface area contributed by atoms with Gasteiger partial charge >= 0.3 is 8.97 Å². The van der Waals surface area contributed by atoms with Gasteiger partial charge in [-0.2, -0.15) is 0 Å². The lowest BCUT2D eigenvalue weighted by Crippen LogP contribution is -2.57. The van der Waals surface area contributed by atoms with Gasteiger partial charge < -0.3 is 18.6 Å². The van der Waals surface area contributed by atoms with E-state index in [-0.39, 0.29) is 0 Å². The number of rotatable bonds is 8. The molecule has 0 aliphatic heterocycles. The van der Waals surface area contributed by atoms with Gasteiger partial charge in [-0.25, -0.2) is 0 Å². The summed E-state index contributed by atoms with van der Waals surface area (Å²) < 4.78 is 15.5. The van der Waals surface area contributed by atoms with Crippen molar-refractivity contribution < 1.29 is 13.3 Å². The molecule has 0 heterocycles. The van der Waals surface area contributed by atoms with E-state index in [1.807, 2.05) is 7.05 Å². The number of hydrogen-bond acceptors (Lipinski definition) is 5. The molecule has 0 aliphatic carbocycles. The van der Waals surface area contributed by atoms with Gasteiger partial charge in [-0.05, 0) is 26.6 Å². The zero-order valence-corrected chi connectivity index (χ0v) is 9.85. The zero-order chi connectivity index (χ0) is 10.2. The Balaban J connectivity index is 3.68. The molecule has 0 aliphatic rings. The Morgan fingerprint density at radius 1 is 1.00 bits per heavy atom. The van der Waals surface area contributed by atoms with E-state index in [0.717, 1.165) is 19.5 Å². The predicted molar refractivity (Wildman–Crippen MR) is 53.3 cm³/mol. The maximum absolute atomic E-state index is 5.18. The van der Waals surface area contributed by atoms with Crippen LogP contribution in [-0.2, 0) is 13.3 Å². The molecule has 2 N–H and O–H groups in total. The van der Waals surface area contributed by atoms with Crippen molar-refractivity contribution in [1.82, 2.24) is 10.3 Å². The lowest BCUT2D eigenvalue weighted by molar-refractivity contribution is 0.110. The third kappa shape index (κ3) is 4.70. The van der Waals surface area contributed by atoms with Crippen molar-refractivity contribution in [2.75, 3.05) is 41.5 Å². The third-order valence-electron chi connectivity index (χ3n) is 1.75. The topological polar surface area (TPSA) is 51.8 Å². The molecule has 0 saturated carbocycles. The molecule has 0 bridgehead atoms. The maximum Gasteiger partial charge on any atom is 0.595 e. The lowest BCUT2D eigenvalue weighted by atomic mass is 10.4. The molecular formula is C7H20N2O3Si. The Bertz CT molecular complexity index is 114. The van der Waals surface area contributed by atoms with Crippen LogP contribution in [0, 0.1) is 0 Å². The summed E-state index contributed by atoms with van der Waals surface area (Å²) in [6.45, 7) is 1.79. The Morgan fingerprint density at radius 2 is 1.54 bits per heavy atom. The molecule has 6 heteroatoms. The molecule has 0 rings (SSSR count). The van der Waals surface area contributed by atoms with Crippen LogP contribution in [0.15, 0.2) is 0 Å². The van der Waals surface area contributed by atoms with Crippen molar-refractivity contribution in [2.45, 2.75) is 6.42 Å². The smallest absolute Gasteiger partial charge is 0.364 e.